The van der Waals surface area contributed by atoms with Crippen LogP contribution in [0.3, 0.4) is 0 Å². The number of carbonyl (C=O) groups excluding carboxylic acids is 1. The van der Waals surface area contributed by atoms with Gasteiger partial charge >= 0.3 is 12.1 Å². The number of halogens is 3. The third-order valence-electron chi connectivity index (χ3n) is 4.19. The highest BCUT2D eigenvalue weighted by molar-refractivity contribution is 5.94. The maximum Gasteiger partial charge on any atom is 0.416 e. The van der Waals surface area contributed by atoms with Gasteiger partial charge in [-0.25, -0.2) is 4.79 Å². The predicted octanol–water partition coefficient (Wildman–Crippen LogP) is 4.14. The second-order valence-corrected chi connectivity index (χ2v) is 6.04. The molecular formula is C20H17F3N2O6. The molecule has 0 aliphatic rings. The van der Waals surface area contributed by atoms with Crippen LogP contribution < -0.4 is 14.2 Å². The fourth-order valence-electron chi connectivity index (χ4n) is 2.71. The number of alkyl halides is 3. The van der Waals surface area contributed by atoms with E-state index in [-0.39, 0.29) is 35.4 Å². The quantitative estimate of drug-likeness (QED) is 0.509. The summed E-state index contributed by atoms with van der Waals surface area (Å²) in [5, 5.41) is 3.69. The summed E-state index contributed by atoms with van der Waals surface area (Å²) >= 11 is 0. The van der Waals surface area contributed by atoms with Crippen molar-refractivity contribution in [2.75, 3.05) is 21.3 Å². The van der Waals surface area contributed by atoms with Gasteiger partial charge in [0.2, 0.25) is 11.6 Å². The fraction of sp³-hybridized carbons (Fsp3) is 0.250. The van der Waals surface area contributed by atoms with Crippen molar-refractivity contribution in [3.63, 3.8) is 0 Å². The van der Waals surface area contributed by atoms with Crippen molar-refractivity contribution < 1.29 is 41.4 Å². The Kier molecular flexibility index (Phi) is 6.33. The molecule has 0 saturated heterocycles. The Morgan fingerprint density at radius 1 is 0.968 bits per heavy atom. The van der Waals surface area contributed by atoms with E-state index >= 15 is 0 Å². The number of carbonyl (C=O) groups is 1. The second-order valence-electron chi connectivity index (χ2n) is 6.04. The van der Waals surface area contributed by atoms with Gasteiger partial charge in [-0.05, 0) is 24.3 Å². The fourth-order valence-corrected chi connectivity index (χ4v) is 2.71. The van der Waals surface area contributed by atoms with Crippen LogP contribution in [0, 0.1) is 0 Å². The van der Waals surface area contributed by atoms with Crippen LogP contribution in [-0.2, 0) is 17.5 Å². The number of aromatic nitrogens is 2. The third kappa shape index (κ3) is 4.71. The minimum atomic E-state index is -4.44. The van der Waals surface area contributed by atoms with Crippen molar-refractivity contribution in [2.24, 2.45) is 0 Å². The molecule has 8 nitrogen and oxygen atoms in total. The van der Waals surface area contributed by atoms with Crippen LogP contribution in [0.4, 0.5) is 13.2 Å². The summed E-state index contributed by atoms with van der Waals surface area (Å²) in [4.78, 5) is 16.5. The lowest BCUT2D eigenvalue weighted by Gasteiger charge is -2.14. The van der Waals surface area contributed by atoms with E-state index in [0.717, 1.165) is 12.1 Å². The number of benzene rings is 2. The minimum absolute atomic E-state index is 0.0392. The Morgan fingerprint density at radius 2 is 1.65 bits per heavy atom. The smallest absolute Gasteiger partial charge is 0.416 e. The standard InChI is InChI=1S/C20H17F3N2O6/c1-27-14-9-8-13(16(28-2)17(14)29-3)19(26)30-10-15-24-18(25-31-15)11-4-6-12(7-5-11)20(21,22)23/h4-9H,10H2,1-3H3. The van der Waals surface area contributed by atoms with Gasteiger partial charge in [0.15, 0.2) is 18.1 Å². The van der Waals surface area contributed by atoms with E-state index in [1.54, 1.807) is 0 Å². The van der Waals surface area contributed by atoms with Crippen molar-refractivity contribution in [1.29, 1.82) is 0 Å². The van der Waals surface area contributed by atoms with Gasteiger partial charge in [0, 0.05) is 5.56 Å². The maximum atomic E-state index is 12.7. The molecule has 1 heterocycles. The van der Waals surface area contributed by atoms with Crippen molar-refractivity contribution in [2.45, 2.75) is 12.8 Å². The van der Waals surface area contributed by atoms with Crippen LogP contribution >= 0.6 is 0 Å². The second kappa shape index (κ2) is 8.94. The van der Waals surface area contributed by atoms with Crippen LogP contribution in [0.1, 0.15) is 21.8 Å². The van der Waals surface area contributed by atoms with Crippen LogP contribution in [0.25, 0.3) is 11.4 Å². The summed E-state index contributed by atoms with van der Waals surface area (Å²) in [5.41, 5.74) is -0.392. The highest BCUT2D eigenvalue weighted by Crippen LogP contribution is 2.40. The first kappa shape index (κ1) is 21.9. The molecule has 1 aromatic heterocycles. The first-order valence-electron chi connectivity index (χ1n) is 8.74. The van der Waals surface area contributed by atoms with Gasteiger partial charge in [-0.2, -0.15) is 18.2 Å². The van der Waals surface area contributed by atoms with E-state index in [1.165, 1.54) is 45.6 Å². The minimum Gasteiger partial charge on any atom is -0.493 e. The molecule has 0 atom stereocenters. The molecule has 31 heavy (non-hydrogen) atoms. The Morgan fingerprint density at radius 3 is 2.23 bits per heavy atom. The molecule has 0 unspecified atom stereocenters. The SMILES string of the molecule is COc1ccc(C(=O)OCc2nc(-c3ccc(C(F)(F)F)cc3)no2)c(OC)c1OC. The van der Waals surface area contributed by atoms with Crippen LogP contribution in [0.5, 0.6) is 17.2 Å². The van der Waals surface area contributed by atoms with E-state index in [9.17, 15) is 18.0 Å². The summed E-state index contributed by atoms with van der Waals surface area (Å²) in [5.74, 6) is -0.00289. The van der Waals surface area contributed by atoms with Gasteiger partial charge in [0.05, 0.1) is 26.9 Å². The van der Waals surface area contributed by atoms with E-state index in [1.807, 2.05) is 0 Å². The number of nitrogens with zero attached hydrogens (tertiary/aromatic N) is 2. The Labute approximate surface area is 174 Å². The predicted molar refractivity (Wildman–Crippen MR) is 100.0 cm³/mol. The van der Waals surface area contributed by atoms with Crippen molar-refractivity contribution in [3.8, 4) is 28.6 Å². The molecule has 0 amide bonds. The number of esters is 1. The van der Waals surface area contributed by atoms with Gasteiger partial charge in [-0.1, -0.05) is 17.3 Å². The Hall–Kier alpha value is -3.76. The third-order valence-corrected chi connectivity index (χ3v) is 4.19. The van der Waals surface area contributed by atoms with Crippen LogP contribution in [0.2, 0.25) is 0 Å². The number of hydrogen-bond acceptors (Lipinski definition) is 8. The molecule has 0 bridgehead atoms. The highest BCUT2D eigenvalue weighted by Gasteiger charge is 2.30. The normalized spacial score (nSPS) is 11.2. The van der Waals surface area contributed by atoms with Gasteiger partial charge in [-0.15, -0.1) is 0 Å². The molecule has 0 aliphatic carbocycles. The van der Waals surface area contributed by atoms with E-state index < -0.39 is 17.7 Å². The zero-order valence-corrected chi connectivity index (χ0v) is 16.6. The largest absolute Gasteiger partial charge is 0.493 e. The molecule has 0 radical (unpaired) electrons. The number of ether oxygens (including phenoxy) is 4. The van der Waals surface area contributed by atoms with E-state index in [4.69, 9.17) is 23.5 Å². The first-order valence-corrected chi connectivity index (χ1v) is 8.74. The molecule has 0 N–H and O–H groups in total. The summed E-state index contributed by atoms with van der Waals surface area (Å²) in [6, 6.07) is 7.23. The molecule has 3 aromatic rings. The van der Waals surface area contributed by atoms with Crippen LogP contribution in [0.15, 0.2) is 40.9 Å². The van der Waals surface area contributed by atoms with Crippen molar-refractivity contribution in [1.82, 2.24) is 10.1 Å². The Bertz CT molecular complexity index is 1060. The molecule has 0 saturated carbocycles. The molecule has 2 aromatic carbocycles. The van der Waals surface area contributed by atoms with Gasteiger partial charge < -0.3 is 23.5 Å². The van der Waals surface area contributed by atoms with Crippen LogP contribution in [-0.4, -0.2) is 37.4 Å². The van der Waals surface area contributed by atoms with E-state index in [0.29, 0.717) is 11.3 Å². The van der Waals surface area contributed by atoms with Crippen molar-refractivity contribution in [3.05, 3.63) is 53.4 Å². The number of rotatable bonds is 7. The van der Waals surface area contributed by atoms with E-state index in [2.05, 4.69) is 10.1 Å². The molecular weight excluding hydrogens is 421 g/mol. The summed E-state index contributed by atoms with van der Waals surface area (Å²) < 4.78 is 63.8. The molecule has 0 fully saturated rings. The molecule has 11 heteroatoms. The van der Waals surface area contributed by atoms with Crippen molar-refractivity contribution >= 4 is 5.97 Å². The Balaban J connectivity index is 1.72. The van der Waals surface area contributed by atoms with Gasteiger partial charge in [0.25, 0.3) is 5.89 Å². The molecule has 164 valence electrons. The monoisotopic (exact) mass is 438 g/mol. The van der Waals surface area contributed by atoms with Gasteiger partial charge in [0.1, 0.15) is 5.56 Å². The summed E-state index contributed by atoms with van der Waals surface area (Å²) in [6.45, 7) is -0.357. The summed E-state index contributed by atoms with van der Waals surface area (Å²) in [6.07, 6.45) is -4.44. The number of methoxy groups -OCH3 is 3. The number of hydrogen-bond donors (Lipinski definition) is 0. The lowest BCUT2D eigenvalue weighted by atomic mass is 10.1. The topological polar surface area (TPSA) is 92.9 Å². The average molecular weight is 438 g/mol. The van der Waals surface area contributed by atoms with Gasteiger partial charge in [-0.3, -0.25) is 0 Å². The molecule has 0 spiro atoms. The maximum absolute atomic E-state index is 12.7. The first-order chi connectivity index (χ1) is 14.8. The zero-order chi connectivity index (χ0) is 22.6. The molecule has 0 aliphatic heterocycles. The zero-order valence-electron chi connectivity index (χ0n) is 16.6. The lowest BCUT2D eigenvalue weighted by Crippen LogP contribution is -2.09. The molecule has 3 rings (SSSR count). The highest BCUT2D eigenvalue weighted by atomic mass is 19.4. The summed E-state index contributed by atoms with van der Waals surface area (Å²) in [7, 11) is 4.21. The lowest BCUT2D eigenvalue weighted by molar-refractivity contribution is -0.137. The average Bonchev–Trinajstić information content (AvgIpc) is 3.24.